The number of nitrogens with zero attached hydrogens (tertiary/aromatic N) is 1. The Kier molecular flexibility index (Phi) is 4.11. The summed E-state index contributed by atoms with van der Waals surface area (Å²) in [6.45, 7) is 5.38. The number of hydrogen-bond acceptors (Lipinski definition) is 4. The summed E-state index contributed by atoms with van der Waals surface area (Å²) >= 11 is 1.77. The van der Waals surface area contributed by atoms with E-state index in [-0.39, 0.29) is 0 Å². The maximum absolute atomic E-state index is 4.55. The van der Waals surface area contributed by atoms with Crippen LogP contribution in [0.5, 0.6) is 0 Å². The van der Waals surface area contributed by atoms with Gasteiger partial charge in [-0.15, -0.1) is 11.3 Å². The summed E-state index contributed by atoms with van der Waals surface area (Å²) in [5, 5.41) is 10.4. The van der Waals surface area contributed by atoms with Crippen molar-refractivity contribution in [1.82, 2.24) is 15.6 Å². The smallest absolute Gasteiger partial charge is 0.0926 e. The molecule has 1 fully saturated rings. The normalized spacial score (nSPS) is 18.2. The second-order valence-electron chi connectivity index (χ2n) is 3.99. The van der Waals surface area contributed by atoms with Crippen molar-refractivity contribution in [3.05, 3.63) is 16.1 Å². The molecule has 1 aromatic heterocycles. The number of nitrogens with one attached hydrogen (secondary N) is 2. The standard InChI is InChI=1S/C11H19N3S/c1-2-11-14-10(8-15-11)7-13-9-3-5-12-6-4-9/h8-9,12-13H,2-7H2,1H3. The van der Waals surface area contributed by atoms with E-state index < -0.39 is 0 Å². The molecule has 1 aliphatic heterocycles. The second-order valence-corrected chi connectivity index (χ2v) is 4.93. The minimum Gasteiger partial charge on any atom is -0.317 e. The molecule has 0 unspecified atom stereocenters. The van der Waals surface area contributed by atoms with E-state index in [9.17, 15) is 0 Å². The van der Waals surface area contributed by atoms with Gasteiger partial charge in [-0.1, -0.05) is 6.92 Å². The van der Waals surface area contributed by atoms with Gasteiger partial charge in [-0.25, -0.2) is 4.98 Å². The van der Waals surface area contributed by atoms with Gasteiger partial charge in [0.25, 0.3) is 0 Å². The van der Waals surface area contributed by atoms with Crippen LogP contribution < -0.4 is 10.6 Å². The summed E-state index contributed by atoms with van der Waals surface area (Å²) in [4.78, 5) is 4.55. The van der Waals surface area contributed by atoms with Crippen LogP contribution in [0.1, 0.15) is 30.5 Å². The minimum atomic E-state index is 0.679. The molecule has 0 atom stereocenters. The topological polar surface area (TPSA) is 37.0 Å². The Hall–Kier alpha value is -0.450. The van der Waals surface area contributed by atoms with E-state index in [2.05, 4.69) is 27.9 Å². The van der Waals surface area contributed by atoms with Crippen molar-refractivity contribution >= 4 is 11.3 Å². The van der Waals surface area contributed by atoms with Crippen molar-refractivity contribution in [3.63, 3.8) is 0 Å². The van der Waals surface area contributed by atoms with Gasteiger partial charge in [-0.3, -0.25) is 0 Å². The van der Waals surface area contributed by atoms with Gasteiger partial charge < -0.3 is 10.6 Å². The molecular formula is C11H19N3S. The molecule has 0 saturated carbocycles. The quantitative estimate of drug-likeness (QED) is 0.816. The molecule has 1 saturated heterocycles. The molecule has 0 radical (unpaired) electrons. The average molecular weight is 225 g/mol. The van der Waals surface area contributed by atoms with E-state index in [1.54, 1.807) is 11.3 Å². The summed E-state index contributed by atoms with van der Waals surface area (Å²) in [6.07, 6.45) is 3.54. The fourth-order valence-electron chi connectivity index (χ4n) is 1.87. The van der Waals surface area contributed by atoms with Crippen molar-refractivity contribution in [2.75, 3.05) is 13.1 Å². The Balaban J connectivity index is 1.76. The van der Waals surface area contributed by atoms with Crippen molar-refractivity contribution in [1.29, 1.82) is 0 Å². The zero-order valence-electron chi connectivity index (χ0n) is 9.25. The van der Waals surface area contributed by atoms with Gasteiger partial charge in [0, 0.05) is 18.0 Å². The molecule has 4 heteroatoms. The molecule has 84 valence electrons. The van der Waals surface area contributed by atoms with Crippen LogP contribution in [0.15, 0.2) is 5.38 Å². The first-order chi connectivity index (χ1) is 7.38. The van der Waals surface area contributed by atoms with E-state index in [4.69, 9.17) is 0 Å². The Morgan fingerprint density at radius 2 is 2.33 bits per heavy atom. The number of piperidine rings is 1. The molecule has 3 nitrogen and oxygen atoms in total. The monoisotopic (exact) mass is 225 g/mol. The highest BCUT2D eigenvalue weighted by atomic mass is 32.1. The van der Waals surface area contributed by atoms with E-state index in [0.717, 1.165) is 26.1 Å². The zero-order chi connectivity index (χ0) is 10.5. The van der Waals surface area contributed by atoms with Gasteiger partial charge in [0.2, 0.25) is 0 Å². The highest BCUT2D eigenvalue weighted by molar-refractivity contribution is 7.09. The SMILES string of the molecule is CCc1nc(CNC2CCNCC2)cs1. The average Bonchev–Trinajstić information content (AvgIpc) is 2.76. The van der Waals surface area contributed by atoms with Crippen LogP contribution in [-0.2, 0) is 13.0 Å². The Bertz CT molecular complexity index is 292. The molecule has 0 spiro atoms. The third-order valence-electron chi connectivity index (χ3n) is 2.81. The van der Waals surface area contributed by atoms with Gasteiger partial charge in [0.1, 0.15) is 0 Å². The number of hydrogen-bond donors (Lipinski definition) is 2. The molecule has 0 bridgehead atoms. The first-order valence-electron chi connectivity index (χ1n) is 5.76. The summed E-state index contributed by atoms with van der Waals surface area (Å²) in [6, 6.07) is 0.679. The molecule has 0 amide bonds. The number of rotatable bonds is 4. The molecule has 15 heavy (non-hydrogen) atoms. The first-order valence-corrected chi connectivity index (χ1v) is 6.64. The Morgan fingerprint density at radius 1 is 1.53 bits per heavy atom. The third-order valence-corrected chi connectivity index (χ3v) is 3.85. The molecule has 2 heterocycles. The first kappa shape index (κ1) is 11.0. The molecular weight excluding hydrogens is 206 g/mol. The fraction of sp³-hybridized carbons (Fsp3) is 0.727. The maximum Gasteiger partial charge on any atom is 0.0926 e. The summed E-state index contributed by atoms with van der Waals surface area (Å²) in [5.41, 5.74) is 1.20. The Morgan fingerprint density at radius 3 is 3.00 bits per heavy atom. The fourth-order valence-corrected chi connectivity index (χ4v) is 2.61. The van der Waals surface area contributed by atoms with Gasteiger partial charge in [0.05, 0.1) is 10.7 Å². The van der Waals surface area contributed by atoms with Crippen molar-refractivity contribution in [2.24, 2.45) is 0 Å². The lowest BCUT2D eigenvalue weighted by Crippen LogP contribution is -2.39. The van der Waals surface area contributed by atoms with Crippen LogP contribution in [-0.4, -0.2) is 24.1 Å². The molecule has 2 rings (SSSR count). The van der Waals surface area contributed by atoms with Crippen LogP contribution in [0, 0.1) is 0 Å². The molecule has 1 aliphatic rings. The van der Waals surface area contributed by atoms with Crippen molar-refractivity contribution in [2.45, 2.75) is 38.8 Å². The second kappa shape index (κ2) is 5.58. The highest BCUT2D eigenvalue weighted by Crippen LogP contribution is 2.11. The van der Waals surface area contributed by atoms with Gasteiger partial charge in [-0.2, -0.15) is 0 Å². The van der Waals surface area contributed by atoms with Gasteiger partial charge in [-0.05, 0) is 32.4 Å². The lowest BCUT2D eigenvalue weighted by molar-refractivity contribution is 0.385. The van der Waals surface area contributed by atoms with E-state index in [1.807, 2.05) is 0 Å². The summed E-state index contributed by atoms with van der Waals surface area (Å²) in [5.74, 6) is 0. The van der Waals surface area contributed by atoms with Crippen LogP contribution in [0.3, 0.4) is 0 Å². The molecule has 0 aliphatic carbocycles. The van der Waals surface area contributed by atoms with E-state index in [1.165, 1.54) is 23.5 Å². The Labute approximate surface area is 95.3 Å². The maximum atomic E-state index is 4.55. The summed E-state index contributed by atoms with van der Waals surface area (Å²) in [7, 11) is 0. The predicted molar refractivity (Wildman–Crippen MR) is 64.2 cm³/mol. The van der Waals surface area contributed by atoms with Crippen LogP contribution in [0.2, 0.25) is 0 Å². The van der Waals surface area contributed by atoms with Crippen LogP contribution >= 0.6 is 11.3 Å². The molecule has 0 aromatic carbocycles. The largest absolute Gasteiger partial charge is 0.317 e. The van der Waals surface area contributed by atoms with E-state index in [0.29, 0.717) is 6.04 Å². The number of aryl methyl sites for hydroxylation is 1. The minimum absolute atomic E-state index is 0.679. The number of thiazole rings is 1. The lowest BCUT2D eigenvalue weighted by atomic mass is 10.1. The van der Waals surface area contributed by atoms with E-state index >= 15 is 0 Å². The highest BCUT2D eigenvalue weighted by Gasteiger charge is 2.12. The van der Waals surface area contributed by atoms with Gasteiger partial charge in [0.15, 0.2) is 0 Å². The lowest BCUT2D eigenvalue weighted by Gasteiger charge is -2.23. The summed E-state index contributed by atoms with van der Waals surface area (Å²) < 4.78 is 0. The third kappa shape index (κ3) is 3.26. The van der Waals surface area contributed by atoms with Gasteiger partial charge >= 0.3 is 0 Å². The van der Waals surface area contributed by atoms with Crippen molar-refractivity contribution < 1.29 is 0 Å². The molecule has 2 N–H and O–H groups in total. The van der Waals surface area contributed by atoms with Crippen molar-refractivity contribution in [3.8, 4) is 0 Å². The molecule has 1 aromatic rings. The van der Waals surface area contributed by atoms with Crippen LogP contribution in [0.4, 0.5) is 0 Å². The number of aromatic nitrogens is 1. The zero-order valence-corrected chi connectivity index (χ0v) is 10.1. The van der Waals surface area contributed by atoms with Crippen LogP contribution in [0.25, 0.3) is 0 Å². The predicted octanol–water partition coefficient (Wildman–Crippen LogP) is 1.55.